The summed E-state index contributed by atoms with van der Waals surface area (Å²) in [5.41, 5.74) is 2.70. The van der Waals surface area contributed by atoms with Crippen LogP contribution in [0, 0.1) is 12.8 Å². The van der Waals surface area contributed by atoms with Gasteiger partial charge in [0.25, 0.3) is 0 Å². The van der Waals surface area contributed by atoms with Gasteiger partial charge in [-0.2, -0.15) is 0 Å². The van der Waals surface area contributed by atoms with Crippen molar-refractivity contribution in [3.05, 3.63) is 35.4 Å². The molecule has 2 heterocycles. The van der Waals surface area contributed by atoms with Crippen LogP contribution in [-0.2, 0) is 9.53 Å². The predicted octanol–water partition coefficient (Wildman–Crippen LogP) is 2.81. The first-order chi connectivity index (χ1) is 12.2. The number of carbonyl (C=O) groups is 1. The normalized spacial score (nSPS) is 30.3. The van der Waals surface area contributed by atoms with Crippen molar-refractivity contribution in [3.63, 3.8) is 0 Å². The number of morpholine rings is 1. The maximum absolute atomic E-state index is 13.2. The number of benzene rings is 1. The topological polar surface area (TPSA) is 32.8 Å². The Kier molecular flexibility index (Phi) is 5.09. The average molecular weight is 342 g/mol. The summed E-state index contributed by atoms with van der Waals surface area (Å²) in [4.78, 5) is 17.9. The molecular formula is C21H30N2O2. The van der Waals surface area contributed by atoms with Crippen molar-refractivity contribution in [3.8, 4) is 0 Å². The summed E-state index contributed by atoms with van der Waals surface area (Å²) in [6.07, 6.45) is 4.60. The molecule has 1 aliphatic carbocycles. The van der Waals surface area contributed by atoms with Gasteiger partial charge < -0.3 is 9.64 Å². The molecule has 4 heteroatoms. The zero-order valence-electron chi connectivity index (χ0n) is 15.3. The van der Waals surface area contributed by atoms with Gasteiger partial charge in [0.15, 0.2) is 0 Å². The molecule has 0 N–H and O–H groups in total. The van der Waals surface area contributed by atoms with Crippen LogP contribution in [0.15, 0.2) is 24.3 Å². The summed E-state index contributed by atoms with van der Waals surface area (Å²) in [6, 6.07) is 8.95. The highest BCUT2D eigenvalue weighted by molar-refractivity contribution is 5.83. The molecule has 1 aromatic carbocycles. The van der Waals surface area contributed by atoms with Crippen LogP contribution in [0.25, 0.3) is 0 Å². The van der Waals surface area contributed by atoms with Gasteiger partial charge in [-0.3, -0.25) is 9.69 Å². The van der Waals surface area contributed by atoms with E-state index in [2.05, 4.69) is 41.0 Å². The first-order valence-corrected chi connectivity index (χ1v) is 9.90. The van der Waals surface area contributed by atoms with Gasteiger partial charge in [-0.15, -0.1) is 0 Å². The Hall–Kier alpha value is -1.39. The third-order valence-corrected chi connectivity index (χ3v) is 6.18. The lowest BCUT2D eigenvalue weighted by Gasteiger charge is -2.40. The fourth-order valence-electron chi connectivity index (χ4n) is 4.59. The van der Waals surface area contributed by atoms with Crippen molar-refractivity contribution in [1.29, 1.82) is 0 Å². The molecule has 3 aliphatic rings. The van der Waals surface area contributed by atoms with Crippen LogP contribution in [0.4, 0.5) is 0 Å². The second-order valence-corrected chi connectivity index (χ2v) is 7.90. The lowest BCUT2D eigenvalue weighted by Crippen LogP contribution is -2.51. The van der Waals surface area contributed by atoms with Gasteiger partial charge in [-0.1, -0.05) is 24.3 Å². The molecule has 0 radical (unpaired) electrons. The van der Waals surface area contributed by atoms with E-state index >= 15 is 0 Å². The summed E-state index contributed by atoms with van der Waals surface area (Å²) in [6.45, 7) is 7.82. The second kappa shape index (κ2) is 7.46. The Balaban J connectivity index is 1.40. The molecule has 0 unspecified atom stereocenters. The van der Waals surface area contributed by atoms with E-state index in [0.717, 1.165) is 58.7 Å². The fourth-order valence-corrected chi connectivity index (χ4v) is 4.59. The number of ether oxygens (including phenoxy) is 1. The SMILES string of the molecule is Cc1ccccc1[C@@H]1C[C@H]1C(=O)N1CCCC[C@H]1CN1CCOCC1. The molecule has 3 atom stereocenters. The minimum atomic E-state index is 0.214. The molecule has 4 nitrogen and oxygen atoms in total. The number of amides is 1. The first-order valence-electron chi connectivity index (χ1n) is 9.90. The standard InChI is InChI=1S/C21H30N2O2/c1-16-6-2-3-8-18(16)19-14-20(19)21(24)23-9-5-4-7-17(23)15-22-10-12-25-13-11-22/h2-3,6,8,17,19-20H,4-5,7,9-15H2,1H3/t17-,19-,20+/m0/s1. The van der Waals surface area contributed by atoms with E-state index in [1.54, 1.807) is 0 Å². The van der Waals surface area contributed by atoms with Crippen LogP contribution in [0.3, 0.4) is 0 Å². The van der Waals surface area contributed by atoms with Crippen LogP contribution >= 0.6 is 0 Å². The van der Waals surface area contributed by atoms with Crippen LogP contribution in [0.1, 0.15) is 42.7 Å². The smallest absolute Gasteiger partial charge is 0.226 e. The predicted molar refractivity (Wildman–Crippen MR) is 98.6 cm³/mol. The lowest BCUT2D eigenvalue weighted by molar-refractivity contribution is -0.137. The number of carbonyl (C=O) groups excluding carboxylic acids is 1. The van der Waals surface area contributed by atoms with Gasteiger partial charge in [-0.25, -0.2) is 0 Å². The van der Waals surface area contributed by atoms with Crippen LogP contribution in [0.2, 0.25) is 0 Å². The molecule has 1 amide bonds. The third kappa shape index (κ3) is 3.75. The minimum Gasteiger partial charge on any atom is -0.379 e. The molecule has 0 bridgehead atoms. The molecule has 3 fully saturated rings. The van der Waals surface area contributed by atoms with E-state index in [1.807, 2.05) is 0 Å². The van der Waals surface area contributed by atoms with Gasteiger partial charge in [0, 0.05) is 38.1 Å². The summed E-state index contributed by atoms with van der Waals surface area (Å²) in [5, 5.41) is 0. The van der Waals surface area contributed by atoms with E-state index in [1.165, 1.54) is 17.5 Å². The number of aryl methyl sites for hydroxylation is 1. The van der Waals surface area contributed by atoms with E-state index in [9.17, 15) is 4.79 Å². The zero-order valence-corrected chi connectivity index (χ0v) is 15.3. The fraction of sp³-hybridized carbons (Fsp3) is 0.667. The molecule has 0 spiro atoms. The van der Waals surface area contributed by atoms with Crippen molar-refractivity contribution in [2.75, 3.05) is 39.4 Å². The summed E-state index contributed by atoms with van der Waals surface area (Å²) in [5.74, 6) is 1.07. The minimum absolute atomic E-state index is 0.214. The van der Waals surface area contributed by atoms with Crippen molar-refractivity contribution in [2.24, 2.45) is 5.92 Å². The Bertz CT molecular complexity index is 612. The first kappa shape index (κ1) is 17.0. The molecule has 2 saturated heterocycles. The van der Waals surface area contributed by atoms with E-state index in [-0.39, 0.29) is 5.92 Å². The van der Waals surface area contributed by atoms with Gasteiger partial charge >= 0.3 is 0 Å². The number of nitrogens with zero attached hydrogens (tertiary/aromatic N) is 2. The van der Waals surface area contributed by atoms with E-state index in [0.29, 0.717) is 17.9 Å². The number of hydrogen-bond donors (Lipinski definition) is 0. The Morgan fingerprint density at radius 3 is 2.76 bits per heavy atom. The average Bonchev–Trinajstić information content (AvgIpc) is 3.43. The monoisotopic (exact) mass is 342 g/mol. The van der Waals surface area contributed by atoms with Gasteiger partial charge in [-0.05, 0) is 49.7 Å². The summed E-state index contributed by atoms with van der Waals surface area (Å²) < 4.78 is 5.46. The van der Waals surface area contributed by atoms with E-state index < -0.39 is 0 Å². The van der Waals surface area contributed by atoms with E-state index in [4.69, 9.17) is 4.74 Å². The molecule has 4 rings (SSSR count). The van der Waals surface area contributed by atoms with Gasteiger partial charge in [0.05, 0.1) is 13.2 Å². The number of piperidine rings is 1. The van der Waals surface area contributed by atoms with Crippen molar-refractivity contribution in [2.45, 2.75) is 44.6 Å². The molecule has 1 aromatic rings. The highest BCUT2D eigenvalue weighted by Crippen LogP contribution is 2.49. The molecule has 1 saturated carbocycles. The van der Waals surface area contributed by atoms with Crippen molar-refractivity contribution >= 4 is 5.91 Å². The van der Waals surface area contributed by atoms with Crippen LogP contribution in [0.5, 0.6) is 0 Å². The zero-order chi connectivity index (χ0) is 17.2. The summed E-state index contributed by atoms with van der Waals surface area (Å²) >= 11 is 0. The number of rotatable bonds is 4. The van der Waals surface area contributed by atoms with Crippen molar-refractivity contribution < 1.29 is 9.53 Å². The largest absolute Gasteiger partial charge is 0.379 e. The van der Waals surface area contributed by atoms with Crippen LogP contribution < -0.4 is 0 Å². The highest BCUT2D eigenvalue weighted by Gasteiger charge is 2.47. The third-order valence-electron chi connectivity index (χ3n) is 6.18. The molecule has 2 aliphatic heterocycles. The van der Waals surface area contributed by atoms with Crippen molar-refractivity contribution in [1.82, 2.24) is 9.80 Å². The lowest BCUT2D eigenvalue weighted by atomic mass is 9.99. The molecule has 25 heavy (non-hydrogen) atoms. The molecular weight excluding hydrogens is 312 g/mol. The maximum Gasteiger partial charge on any atom is 0.226 e. The summed E-state index contributed by atoms with van der Waals surface area (Å²) in [7, 11) is 0. The molecule has 136 valence electrons. The maximum atomic E-state index is 13.2. The van der Waals surface area contributed by atoms with Crippen LogP contribution in [-0.4, -0.2) is 61.1 Å². The molecule has 0 aromatic heterocycles. The van der Waals surface area contributed by atoms with Gasteiger partial charge in [0.1, 0.15) is 0 Å². The Morgan fingerprint density at radius 1 is 1.16 bits per heavy atom. The second-order valence-electron chi connectivity index (χ2n) is 7.90. The number of likely N-dealkylation sites (tertiary alicyclic amines) is 1. The van der Waals surface area contributed by atoms with Gasteiger partial charge in [0.2, 0.25) is 5.91 Å². The highest BCUT2D eigenvalue weighted by atomic mass is 16.5. The quantitative estimate of drug-likeness (QED) is 0.843. The Morgan fingerprint density at radius 2 is 1.96 bits per heavy atom. The Labute approximate surface area is 151 Å². The number of hydrogen-bond acceptors (Lipinski definition) is 3.